The summed E-state index contributed by atoms with van der Waals surface area (Å²) in [6, 6.07) is 5.20. The number of carbonyl (C=O) groups excluding carboxylic acids is 2. The van der Waals surface area contributed by atoms with Gasteiger partial charge in [0.15, 0.2) is 0 Å². The SMILES string of the molecule is CCOC(=O)c1cc2ccc(Br)nc2n1[C@H](C)CNC(=O)OC(C)(C)C. The number of nitrogens with one attached hydrogen (secondary N) is 1. The van der Waals surface area contributed by atoms with Crippen LogP contribution in [-0.4, -0.2) is 40.4 Å². The lowest BCUT2D eigenvalue weighted by Crippen LogP contribution is -2.35. The topological polar surface area (TPSA) is 82.5 Å². The number of fused-ring (bicyclic) bond motifs is 1. The van der Waals surface area contributed by atoms with E-state index in [2.05, 4.69) is 26.2 Å². The van der Waals surface area contributed by atoms with Crippen LogP contribution in [0.4, 0.5) is 4.79 Å². The Labute approximate surface area is 161 Å². The third kappa shape index (κ3) is 4.97. The van der Waals surface area contributed by atoms with E-state index in [9.17, 15) is 9.59 Å². The van der Waals surface area contributed by atoms with Crippen LogP contribution in [0.2, 0.25) is 0 Å². The van der Waals surface area contributed by atoms with Crippen LogP contribution in [-0.2, 0) is 9.47 Å². The molecule has 142 valence electrons. The number of hydrogen-bond acceptors (Lipinski definition) is 5. The van der Waals surface area contributed by atoms with Crippen molar-refractivity contribution in [2.75, 3.05) is 13.2 Å². The molecule has 26 heavy (non-hydrogen) atoms. The van der Waals surface area contributed by atoms with Gasteiger partial charge < -0.3 is 19.4 Å². The summed E-state index contributed by atoms with van der Waals surface area (Å²) in [5, 5.41) is 3.55. The molecular weight excluding hydrogens is 402 g/mol. The maximum absolute atomic E-state index is 12.4. The molecule has 1 N–H and O–H groups in total. The molecule has 0 fully saturated rings. The van der Waals surface area contributed by atoms with E-state index in [-0.39, 0.29) is 19.2 Å². The molecule has 1 amide bonds. The zero-order chi connectivity index (χ0) is 19.5. The highest BCUT2D eigenvalue weighted by Gasteiger charge is 2.23. The summed E-state index contributed by atoms with van der Waals surface area (Å²) in [4.78, 5) is 28.7. The molecule has 0 bridgehead atoms. The quantitative estimate of drug-likeness (QED) is 0.576. The molecule has 0 saturated heterocycles. The number of hydrogen-bond donors (Lipinski definition) is 1. The minimum atomic E-state index is -0.573. The van der Waals surface area contributed by atoms with Gasteiger partial charge in [-0.3, -0.25) is 0 Å². The van der Waals surface area contributed by atoms with E-state index >= 15 is 0 Å². The zero-order valence-electron chi connectivity index (χ0n) is 15.6. The predicted molar refractivity (Wildman–Crippen MR) is 102 cm³/mol. The van der Waals surface area contributed by atoms with E-state index in [1.807, 2.05) is 19.1 Å². The molecule has 7 nitrogen and oxygen atoms in total. The van der Waals surface area contributed by atoms with E-state index in [0.29, 0.717) is 15.9 Å². The maximum atomic E-state index is 12.4. The van der Waals surface area contributed by atoms with Crippen molar-refractivity contribution >= 4 is 39.0 Å². The number of amides is 1. The summed E-state index contributed by atoms with van der Waals surface area (Å²) in [5.41, 5.74) is 0.461. The summed E-state index contributed by atoms with van der Waals surface area (Å²) in [7, 11) is 0. The second-order valence-corrected chi connectivity index (χ2v) is 7.71. The van der Waals surface area contributed by atoms with Gasteiger partial charge in [0, 0.05) is 11.9 Å². The first-order chi connectivity index (χ1) is 12.1. The van der Waals surface area contributed by atoms with Crippen LogP contribution in [0.25, 0.3) is 11.0 Å². The monoisotopic (exact) mass is 425 g/mol. The van der Waals surface area contributed by atoms with Gasteiger partial charge >= 0.3 is 12.1 Å². The molecule has 0 spiro atoms. The zero-order valence-corrected chi connectivity index (χ0v) is 17.2. The molecule has 1 atom stereocenters. The first-order valence-electron chi connectivity index (χ1n) is 8.44. The van der Waals surface area contributed by atoms with Crippen molar-refractivity contribution in [2.45, 2.75) is 46.3 Å². The highest BCUT2D eigenvalue weighted by atomic mass is 79.9. The molecule has 0 unspecified atom stereocenters. The van der Waals surface area contributed by atoms with Gasteiger partial charge in [-0.25, -0.2) is 14.6 Å². The molecule has 8 heteroatoms. The summed E-state index contributed by atoms with van der Waals surface area (Å²) in [6.45, 7) is 9.61. The second kappa shape index (κ2) is 8.07. The largest absolute Gasteiger partial charge is 0.461 e. The fourth-order valence-electron chi connectivity index (χ4n) is 2.52. The van der Waals surface area contributed by atoms with Gasteiger partial charge in [0.05, 0.1) is 12.6 Å². The summed E-state index contributed by atoms with van der Waals surface area (Å²) in [6.07, 6.45) is -0.507. The van der Waals surface area contributed by atoms with Gasteiger partial charge in [-0.15, -0.1) is 0 Å². The van der Waals surface area contributed by atoms with Crippen LogP contribution in [0, 0.1) is 0 Å². The fourth-order valence-corrected chi connectivity index (χ4v) is 2.82. The van der Waals surface area contributed by atoms with Crippen LogP contribution in [0.5, 0.6) is 0 Å². The Morgan fingerprint density at radius 1 is 1.35 bits per heavy atom. The molecular formula is C18H24BrN3O4. The standard InChI is InChI=1S/C18H24BrN3O4/c1-6-25-16(23)13-9-12-7-8-14(19)21-15(12)22(13)11(2)10-20-17(24)26-18(3,4)5/h7-9,11H,6,10H2,1-5H3,(H,20,24)/t11-/m1/s1. The first-order valence-corrected chi connectivity index (χ1v) is 9.23. The summed E-state index contributed by atoms with van der Waals surface area (Å²) < 4.78 is 12.8. The lowest BCUT2D eigenvalue weighted by atomic mass is 10.2. The Hall–Kier alpha value is -2.09. The van der Waals surface area contributed by atoms with Crippen molar-refractivity contribution in [3.05, 3.63) is 28.5 Å². The van der Waals surface area contributed by atoms with Crippen molar-refractivity contribution in [3.63, 3.8) is 0 Å². The number of carbonyl (C=O) groups is 2. The molecule has 0 saturated carbocycles. The molecule has 2 aromatic heterocycles. The van der Waals surface area contributed by atoms with Crippen molar-refractivity contribution < 1.29 is 19.1 Å². The minimum Gasteiger partial charge on any atom is -0.461 e. The molecule has 2 rings (SSSR count). The fraction of sp³-hybridized carbons (Fsp3) is 0.500. The van der Waals surface area contributed by atoms with Gasteiger partial charge in [0.25, 0.3) is 0 Å². The van der Waals surface area contributed by atoms with E-state index in [1.165, 1.54) is 0 Å². The number of alkyl carbamates (subject to hydrolysis) is 1. The van der Waals surface area contributed by atoms with Gasteiger partial charge in [-0.05, 0) is 68.7 Å². The average Bonchev–Trinajstić information content (AvgIpc) is 2.90. The maximum Gasteiger partial charge on any atom is 0.407 e. The van der Waals surface area contributed by atoms with Crippen LogP contribution in [0.3, 0.4) is 0 Å². The van der Waals surface area contributed by atoms with Gasteiger partial charge in [0.1, 0.15) is 21.5 Å². The van der Waals surface area contributed by atoms with Crippen molar-refractivity contribution in [1.82, 2.24) is 14.9 Å². The number of nitrogens with zero attached hydrogens (tertiary/aromatic N) is 2. The van der Waals surface area contributed by atoms with Crippen LogP contribution < -0.4 is 5.32 Å². The van der Waals surface area contributed by atoms with Crippen LogP contribution in [0.15, 0.2) is 22.8 Å². The normalized spacial score (nSPS) is 12.7. The number of aromatic nitrogens is 2. The van der Waals surface area contributed by atoms with Crippen molar-refractivity contribution in [2.24, 2.45) is 0 Å². The highest BCUT2D eigenvalue weighted by Crippen LogP contribution is 2.25. The first kappa shape index (κ1) is 20.2. The highest BCUT2D eigenvalue weighted by molar-refractivity contribution is 9.10. The molecule has 2 aromatic rings. The minimum absolute atomic E-state index is 0.235. The van der Waals surface area contributed by atoms with Crippen LogP contribution >= 0.6 is 15.9 Å². The van der Waals surface area contributed by atoms with Gasteiger partial charge in [-0.2, -0.15) is 0 Å². The molecule has 0 aliphatic heterocycles. The molecule has 0 aromatic carbocycles. The second-order valence-electron chi connectivity index (χ2n) is 6.90. The lowest BCUT2D eigenvalue weighted by molar-refractivity contribution is 0.0511. The molecule has 0 radical (unpaired) electrons. The number of pyridine rings is 1. The van der Waals surface area contributed by atoms with E-state index in [0.717, 1.165) is 5.39 Å². The summed E-state index contributed by atoms with van der Waals surface area (Å²) >= 11 is 3.36. The Kier molecular flexibility index (Phi) is 6.28. The number of ether oxygens (including phenoxy) is 2. The number of halogens is 1. The summed E-state index contributed by atoms with van der Waals surface area (Å²) in [5.74, 6) is -0.425. The number of esters is 1. The van der Waals surface area contributed by atoms with Crippen molar-refractivity contribution in [1.29, 1.82) is 0 Å². The third-order valence-electron chi connectivity index (χ3n) is 3.52. The average molecular weight is 426 g/mol. The van der Waals surface area contributed by atoms with Crippen LogP contribution in [0.1, 0.15) is 51.1 Å². The Morgan fingerprint density at radius 3 is 2.65 bits per heavy atom. The molecule has 0 aliphatic carbocycles. The Morgan fingerprint density at radius 2 is 2.04 bits per heavy atom. The van der Waals surface area contributed by atoms with Crippen molar-refractivity contribution in [3.8, 4) is 0 Å². The van der Waals surface area contributed by atoms with Gasteiger partial charge in [0.2, 0.25) is 0 Å². The molecule has 0 aliphatic rings. The van der Waals surface area contributed by atoms with E-state index in [1.54, 1.807) is 38.3 Å². The Bertz CT molecular complexity index is 811. The third-order valence-corrected chi connectivity index (χ3v) is 3.96. The lowest BCUT2D eigenvalue weighted by Gasteiger charge is -2.22. The Balaban J connectivity index is 2.30. The van der Waals surface area contributed by atoms with E-state index < -0.39 is 17.7 Å². The smallest absolute Gasteiger partial charge is 0.407 e. The van der Waals surface area contributed by atoms with Gasteiger partial charge in [-0.1, -0.05) is 0 Å². The molecule has 2 heterocycles. The number of rotatable bonds is 5. The van der Waals surface area contributed by atoms with E-state index in [4.69, 9.17) is 9.47 Å². The predicted octanol–water partition coefficient (Wildman–Crippen LogP) is 4.06.